The van der Waals surface area contributed by atoms with Gasteiger partial charge in [-0.1, -0.05) is 125 Å². The lowest BCUT2D eigenvalue weighted by atomic mass is 10.1. The molecule has 0 saturated carbocycles. The summed E-state index contributed by atoms with van der Waals surface area (Å²) in [4.78, 5) is 22.3. The van der Waals surface area contributed by atoms with Crippen LogP contribution in [0, 0.1) is 0 Å². The minimum Gasteiger partial charge on any atom is -0.457 e. The lowest BCUT2D eigenvalue weighted by molar-refractivity contribution is -0.154. The molecule has 8 nitrogen and oxygen atoms in total. The molecule has 48 heavy (non-hydrogen) atoms. The van der Waals surface area contributed by atoms with Crippen LogP contribution in [0.4, 0.5) is 0 Å². The predicted octanol–water partition coefficient (Wildman–Crippen LogP) is 10.4. The van der Waals surface area contributed by atoms with Crippen molar-refractivity contribution in [3.05, 3.63) is 72.9 Å². The molecule has 0 fully saturated rings. The molecule has 276 valence electrons. The molecule has 0 aliphatic heterocycles. The van der Waals surface area contributed by atoms with E-state index in [1.54, 1.807) is 0 Å². The zero-order valence-electron chi connectivity index (χ0n) is 30.2. The normalized spacial score (nSPS) is 14.5. The number of nitrogens with two attached hydrogens (primary N) is 1. The van der Waals surface area contributed by atoms with Gasteiger partial charge in [-0.2, -0.15) is 0 Å². The maximum atomic E-state index is 12.5. The van der Waals surface area contributed by atoms with Crippen LogP contribution in [0.2, 0.25) is 0 Å². The number of carbonyl (C=O) groups is 1. The van der Waals surface area contributed by atoms with E-state index in [0.29, 0.717) is 13.0 Å². The van der Waals surface area contributed by atoms with Gasteiger partial charge in [0.25, 0.3) is 0 Å². The van der Waals surface area contributed by atoms with Crippen LogP contribution in [0.1, 0.15) is 129 Å². The quantitative estimate of drug-likeness (QED) is 0.0296. The van der Waals surface area contributed by atoms with E-state index in [2.05, 4.69) is 86.8 Å². The molecule has 0 spiro atoms. The van der Waals surface area contributed by atoms with Crippen LogP contribution >= 0.6 is 7.82 Å². The molecule has 0 amide bonds. The van der Waals surface area contributed by atoms with Crippen LogP contribution in [0.15, 0.2) is 72.9 Å². The highest BCUT2D eigenvalue weighted by atomic mass is 31.2. The molecule has 3 N–H and O–H groups in total. The number of rotatable bonds is 34. The number of esters is 1. The Balaban J connectivity index is 4.25. The van der Waals surface area contributed by atoms with Crippen LogP contribution < -0.4 is 5.73 Å². The zero-order valence-corrected chi connectivity index (χ0v) is 31.1. The van der Waals surface area contributed by atoms with E-state index in [0.717, 1.165) is 64.2 Å². The first kappa shape index (κ1) is 45.9. The third kappa shape index (κ3) is 35.3. The molecule has 0 saturated heterocycles. The summed E-state index contributed by atoms with van der Waals surface area (Å²) in [5.41, 5.74) is 5.34. The number of hydrogen-bond acceptors (Lipinski definition) is 7. The zero-order chi connectivity index (χ0) is 35.2. The van der Waals surface area contributed by atoms with Crippen LogP contribution in [-0.2, 0) is 27.9 Å². The number of ether oxygens (including phenoxy) is 2. The summed E-state index contributed by atoms with van der Waals surface area (Å²) in [5.74, 6) is -0.393. The molecule has 0 bridgehead atoms. The fraction of sp³-hybridized carbons (Fsp3) is 0.667. The van der Waals surface area contributed by atoms with Crippen molar-refractivity contribution < 1.29 is 32.8 Å². The molecule has 0 aromatic rings. The minimum atomic E-state index is -4.29. The summed E-state index contributed by atoms with van der Waals surface area (Å²) in [5, 5.41) is 0. The topological polar surface area (TPSA) is 117 Å². The second kappa shape index (κ2) is 36.2. The first-order valence-electron chi connectivity index (χ1n) is 18.4. The predicted molar refractivity (Wildman–Crippen MR) is 201 cm³/mol. The Morgan fingerprint density at radius 1 is 0.646 bits per heavy atom. The first-order chi connectivity index (χ1) is 23.4. The van der Waals surface area contributed by atoms with Crippen molar-refractivity contribution in [1.29, 1.82) is 0 Å². The van der Waals surface area contributed by atoms with E-state index >= 15 is 0 Å². The minimum absolute atomic E-state index is 0.0851. The van der Waals surface area contributed by atoms with E-state index in [1.165, 1.54) is 38.5 Å². The van der Waals surface area contributed by atoms with Crippen molar-refractivity contribution in [2.24, 2.45) is 5.73 Å². The first-order valence-corrected chi connectivity index (χ1v) is 19.9. The fourth-order valence-electron chi connectivity index (χ4n) is 4.42. The maximum Gasteiger partial charge on any atom is 0.472 e. The van der Waals surface area contributed by atoms with Crippen molar-refractivity contribution in [2.75, 3.05) is 33.0 Å². The van der Waals surface area contributed by atoms with Gasteiger partial charge in [0.15, 0.2) is 0 Å². The highest BCUT2D eigenvalue weighted by molar-refractivity contribution is 7.47. The van der Waals surface area contributed by atoms with Crippen LogP contribution in [-0.4, -0.2) is 49.9 Å². The smallest absolute Gasteiger partial charge is 0.457 e. The van der Waals surface area contributed by atoms with Gasteiger partial charge in [-0.05, 0) is 70.6 Å². The van der Waals surface area contributed by atoms with Crippen LogP contribution in [0.25, 0.3) is 0 Å². The average molecular weight is 694 g/mol. The molecule has 2 unspecified atom stereocenters. The van der Waals surface area contributed by atoms with Gasteiger partial charge in [-0.15, -0.1) is 0 Å². The van der Waals surface area contributed by atoms with Crippen molar-refractivity contribution in [1.82, 2.24) is 0 Å². The number of hydrogen-bond donors (Lipinski definition) is 2. The van der Waals surface area contributed by atoms with Crippen molar-refractivity contribution in [3.63, 3.8) is 0 Å². The number of unbranched alkanes of at least 4 members (excludes halogenated alkanes) is 9. The van der Waals surface area contributed by atoms with E-state index < -0.39 is 19.9 Å². The molecule has 9 heteroatoms. The summed E-state index contributed by atoms with van der Waals surface area (Å²) in [6.45, 7) is 4.64. The Morgan fingerprint density at radius 2 is 1.17 bits per heavy atom. The summed E-state index contributed by atoms with van der Waals surface area (Å²) in [6.07, 6.45) is 43.5. The fourth-order valence-corrected chi connectivity index (χ4v) is 5.19. The molecule has 0 rings (SSSR count). The molecule has 2 atom stereocenters. The molecule has 0 aliphatic carbocycles. The van der Waals surface area contributed by atoms with Gasteiger partial charge in [0.1, 0.15) is 6.10 Å². The standard InChI is InChI=1S/C39H68NO7P/c1-3-5-7-9-11-13-15-17-18-19-20-21-22-24-26-28-30-32-39(41)47-38(37-46-48(42,43)45-35-33-40)36-44-34-31-29-27-25-23-16-14-12-10-8-6-4-2/h5,7,10-13,17-18,20-21,24,26,38H,3-4,6,8-9,14-16,19,22-23,25,27-37,40H2,1-2H3,(H,42,43)/b7-5-,12-10-,13-11-,18-17-,21-20-,26-24-. The number of phosphoric ester groups is 1. The number of allylic oxidation sites excluding steroid dienone is 12. The van der Waals surface area contributed by atoms with E-state index in [1.807, 2.05) is 0 Å². The monoisotopic (exact) mass is 693 g/mol. The highest BCUT2D eigenvalue weighted by Gasteiger charge is 2.25. The summed E-state index contributed by atoms with van der Waals surface area (Å²) in [6, 6.07) is 0. The van der Waals surface area contributed by atoms with E-state index in [9.17, 15) is 14.3 Å². The lowest BCUT2D eigenvalue weighted by Gasteiger charge is -2.20. The largest absolute Gasteiger partial charge is 0.472 e. The Kier molecular flexibility index (Phi) is 34.7. The highest BCUT2D eigenvalue weighted by Crippen LogP contribution is 2.43. The van der Waals surface area contributed by atoms with Crippen LogP contribution in [0.5, 0.6) is 0 Å². The third-order valence-corrected chi connectivity index (χ3v) is 8.09. The van der Waals surface area contributed by atoms with Crippen molar-refractivity contribution in [3.8, 4) is 0 Å². The average Bonchev–Trinajstić information content (AvgIpc) is 3.07. The van der Waals surface area contributed by atoms with Gasteiger partial charge >= 0.3 is 13.8 Å². The Bertz CT molecular complexity index is 958. The van der Waals surface area contributed by atoms with E-state index in [4.69, 9.17) is 24.3 Å². The second-order valence-corrected chi connectivity index (χ2v) is 13.2. The Hall–Kier alpha value is -2.06. The molecule has 0 aliphatic rings. The molecule has 0 heterocycles. The molecule has 0 aromatic heterocycles. The molecular weight excluding hydrogens is 625 g/mol. The van der Waals surface area contributed by atoms with Gasteiger partial charge in [0, 0.05) is 19.6 Å². The van der Waals surface area contributed by atoms with Crippen molar-refractivity contribution >= 4 is 13.8 Å². The van der Waals surface area contributed by atoms with Gasteiger partial charge in [-0.3, -0.25) is 13.8 Å². The molecule has 0 radical (unpaired) electrons. The Morgan fingerprint density at radius 3 is 1.77 bits per heavy atom. The summed E-state index contributed by atoms with van der Waals surface area (Å²) < 4.78 is 33.2. The lowest BCUT2D eigenvalue weighted by Crippen LogP contribution is -2.28. The Labute approximate surface area is 293 Å². The van der Waals surface area contributed by atoms with Gasteiger partial charge in [0.05, 0.1) is 19.8 Å². The van der Waals surface area contributed by atoms with E-state index in [-0.39, 0.29) is 32.8 Å². The summed E-state index contributed by atoms with van der Waals surface area (Å²) >= 11 is 0. The van der Waals surface area contributed by atoms with Gasteiger partial charge in [-0.25, -0.2) is 4.57 Å². The molecular formula is C39H68NO7P. The SMILES string of the molecule is CC/C=C\C/C=C\C/C=C\C/C=C\C/C=C\CCCC(=O)OC(COCCCCCCCC/C=C\CCCC)COP(=O)(O)OCCN. The molecule has 0 aromatic carbocycles. The van der Waals surface area contributed by atoms with Crippen LogP contribution in [0.3, 0.4) is 0 Å². The summed E-state index contributed by atoms with van der Waals surface area (Å²) in [7, 11) is -4.29. The number of carbonyl (C=O) groups excluding carboxylic acids is 1. The third-order valence-electron chi connectivity index (χ3n) is 7.11. The maximum absolute atomic E-state index is 12.5. The number of phosphoric acid groups is 1. The van der Waals surface area contributed by atoms with Gasteiger partial charge < -0.3 is 20.1 Å². The second-order valence-electron chi connectivity index (χ2n) is 11.7. The van der Waals surface area contributed by atoms with Crippen molar-refractivity contribution in [2.45, 2.75) is 136 Å². The van der Waals surface area contributed by atoms with Gasteiger partial charge in [0.2, 0.25) is 0 Å².